The average Bonchev–Trinajstić information content (AvgIpc) is 3.06. The van der Waals surface area contributed by atoms with Gasteiger partial charge in [0.05, 0.1) is 24.3 Å². The Morgan fingerprint density at radius 2 is 1.79 bits per heavy atom. The first-order chi connectivity index (χ1) is 15.8. The summed E-state index contributed by atoms with van der Waals surface area (Å²) in [5.41, 5.74) is 0.354. The number of methoxy groups -OCH3 is 1. The number of carbonyl (C=O) groups excluding carboxylic acids is 2. The molecule has 3 rings (SSSR count). The number of nitrogens with zero attached hydrogens (tertiary/aromatic N) is 2. The number of ketones is 1. The van der Waals surface area contributed by atoms with Crippen LogP contribution in [0.5, 0.6) is 11.5 Å². The third-order valence-corrected chi connectivity index (χ3v) is 5.95. The third kappa shape index (κ3) is 5.01. The van der Waals surface area contributed by atoms with Crippen LogP contribution in [0.2, 0.25) is 0 Å². The van der Waals surface area contributed by atoms with Gasteiger partial charge in [-0.1, -0.05) is 26.0 Å². The van der Waals surface area contributed by atoms with Crippen molar-refractivity contribution in [2.24, 2.45) is 0 Å². The van der Waals surface area contributed by atoms with Gasteiger partial charge in [0.2, 0.25) is 0 Å². The standard InChI is InChI=1S/C25H29FN2O5/c1-4-27(5-2)13-6-14-28-22(16-7-9-17(26)10-8-16)21(24(31)25(28)32)23(30)19-12-11-18(33-3)15-20(19)29/h7-12,15,22,29-30H,4-6,13-14H2,1-3H3/t22-/m0/s1. The lowest BCUT2D eigenvalue weighted by atomic mass is 9.95. The van der Waals surface area contributed by atoms with Gasteiger partial charge in [0, 0.05) is 12.6 Å². The Labute approximate surface area is 192 Å². The van der Waals surface area contributed by atoms with E-state index in [-0.39, 0.29) is 23.4 Å². The lowest BCUT2D eigenvalue weighted by Crippen LogP contribution is -2.33. The summed E-state index contributed by atoms with van der Waals surface area (Å²) in [6.45, 7) is 6.87. The van der Waals surface area contributed by atoms with Crippen LogP contribution in [0.4, 0.5) is 4.39 Å². The molecule has 0 unspecified atom stereocenters. The topological polar surface area (TPSA) is 90.3 Å². The molecule has 0 bridgehead atoms. The zero-order valence-electron chi connectivity index (χ0n) is 19.0. The minimum Gasteiger partial charge on any atom is -0.507 e. The van der Waals surface area contributed by atoms with Gasteiger partial charge in [-0.25, -0.2) is 4.39 Å². The maximum absolute atomic E-state index is 13.6. The Bertz CT molecular complexity index is 1050. The van der Waals surface area contributed by atoms with Gasteiger partial charge in [-0.3, -0.25) is 9.59 Å². The molecule has 0 aromatic heterocycles. The molecule has 1 heterocycles. The molecule has 0 saturated carbocycles. The largest absolute Gasteiger partial charge is 0.507 e. The monoisotopic (exact) mass is 456 g/mol. The van der Waals surface area contributed by atoms with Crippen LogP contribution in [0, 0.1) is 5.82 Å². The number of likely N-dealkylation sites (tertiary alicyclic amines) is 1. The summed E-state index contributed by atoms with van der Waals surface area (Å²) in [6, 6.07) is 8.83. The van der Waals surface area contributed by atoms with Gasteiger partial charge < -0.3 is 24.7 Å². The van der Waals surface area contributed by atoms with E-state index in [1.54, 1.807) is 0 Å². The van der Waals surface area contributed by atoms with E-state index in [1.165, 1.54) is 54.5 Å². The number of halogens is 1. The number of ether oxygens (including phenoxy) is 1. The summed E-state index contributed by atoms with van der Waals surface area (Å²) in [6.07, 6.45) is 0.625. The van der Waals surface area contributed by atoms with E-state index in [1.807, 2.05) is 0 Å². The second kappa shape index (κ2) is 10.5. The van der Waals surface area contributed by atoms with E-state index in [4.69, 9.17) is 4.74 Å². The number of hydrogen-bond donors (Lipinski definition) is 2. The Morgan fingerprint density at radius 1 is 1.12 bits per heavy atom. The van der Waals surface area contributed by atoms with Crippen LogP contribution in [0.1, 0.15) is 37.4 Å². The van der Waals surface area contributed by atoms with Crippen LogP contribution in [-0.2, 0) is 9.59 Å². The van der Waals surface area contributed by atoms with Crippen LogP contribution in [0.3, 0.4) is 0 Å². The van der Waals surface area contributed by atoms with Gasteiger partial charge in [0.25, 0.3) is 11.7 Å². The first kappa shape index (κ1) is 24.3. The van der Waals surface area contributed by atoms with E-state index < -0.39 is 29.3 Å². The molecule has 2 N–H and O–H groups in total. The number of Topliss-reactive ketones (excluding diaryl/α,β-unsaturated/α-hetero) is 1. The van der Waals surface area contributed by atoms with E-state index in [0.29, 0.717) is 17.7 Å². The van der Waals surface area contributed by atoms with Gasteiger partial charge in [-0.05, 0) is 55.9 Å². The molecule has 2 aromatic rings. The lowest BCUT2D eigenvalue weighted by Gasteiger charge is -2.26. The highest BCUT2D eigenvalue weighted by molar-refractivity contribution is 6.46. The number of rotatable bonds is 9. The van der Waals surface area contributed by atoms with Gasteiger partial charge in [-0.15, -0.1) is 0 Å². The number of benzene rings is 2. The Balaban J connectivity index is 2.05. The second-order valence-electron chi connectivity index (χ2n) is 7.81. The Morgan fingerprint density at radius 3 is 2.36 bits per heavy atom. The summed E-state index contributed by atoms with van der Waals surface area (Å²) in [5.74, 6) is -2.45. The molecular weight excluding hydrogens is 427 g/mol. The third-order valence-electron chi connectivity index (χ3n) is 5.95. The van der Waals surface area contributed by atoms with E-state index in [2.05, 4.69) is 18.7 Å². The molecular formula is C25H29FN2O5. The van der Waals surface area contributed by atoms with Crippen molar-refractivity contribution in [1.82, 2.24) is 9.80 Å². The molecule has 1 saturated heterocycles. The SMILES string of the molecule is CCN(CC)CCCN1C(=O)C(=O)C(=C(O)c2ccc(OC)cc2O)[C@@H]1c1ccc(F)cc1. The molecule has 1 aliphatic heterocycles. The molecule has 0 spiro atoms. The normalized spacial score (nSPS) is 17.7. The first-order valence-electron chi connectivity index (χ1n) is 11.0. The van der Waals surface area contributed by atoms with Gasteiger partial charge >= 0.3 is 0 Å². The van der Waals surface area contributed by atoms with Crippen molar-refractivity contribution in [2.45, 2.75) is 26.3 Å². The highest BCUT2D eigenvalue weighted by atomic mass is 19.1. The minimum absolute atomic E-state index is 0.00375. The van der Waals surface area contributed by atoms with Crippen molar-refractivity contribution >= 4 is 17.4 Å². The quantitative estimate of drug-likeness (QED) is 0.340. The molecule has 2 aromatic carbocycles. The minimum atomic E-state index is -0.899. The van der Waals surface area contributed by atoms with Gasteiger partial charge in [-0.2, -0.15) is 0 Å². The molecule has 1 fully saturated rings. The molecule has 1 atom stereocenters. The fourth-order valence-corrected chi connectivity index (χ4v) is 4.09. The molecule has 7 nitrogen and oxygen atoms in total. The van der Waals surface area contributed by atoms with Crippen molar-refractivity contribution in [3.05, 3.63) is 65.0 Å². The van der Waals surface area contributed by atoms with E-state index in [0.717, 1.165) is 19.6 Å². The van der Waals surface area contributed by atoms with Crippen LogP contribution in [0.15, 0.2) is 48.0 Å². The first-order valence-corrected chi connectivity index (χ1v) is 11.0. The summed E-state index contributed by atoms with van der Waals surface area (Å²) in [7, 11) is 1.44. The molecule has 0 aliphatic carbocycles. The number of carbonyl (C=O) groups is 2. The number of phenols is 1. The molecule has 8 heteroatoms. The number of aromatic hydroxyl groups is 1. The summed E-state index contributed by atoms with van der Waals surface area (Å²) >= 11 is 0. The molecule has 0 radical (unpaired) electrons. The molecule has 33 heavy (non-hydrogen) atoms. The Hall–Kier alpha value is -3.39. The fourth-order valence-electron chi connectivity index (χ4n) is 4.09. The van der Waals surface area contributed by atoms with Crippen LogP contribution in [-0.4, -0.2) is 65.0 Å². The maximum Gasteiger partial charge on any atom is 0.295 e. The smallest absolute Gasteiger partial charge is 0.295 e. The van der Waals surface area contributed by atoms with Crippen LogP contribution >= 0.6 is 0 Å². The predicted molar refractivity (Wildman–Crippen MR) is 122 cm³/mol. The Kier molecular flexibility index (Phi) is 7.71. The second-order valence-corrected chi connectivity index (χ2v) is 7.81. The van der Waals surface area contributed by atoms with Crippen molar-refractivity contribution < 1.29 is 28.9 Å². The number of hydrogen-bond acceptors (Lipinski definition) is 6. The summed E-state index contributed by atoms with van der Waals surface area (Å²) < 4.78 is 18.6. The average molecular weight is 457 g/mol. The summed E-state index contributed by atoms with van der Waals surface area (Å²) in [5, 5.41) is 21.4. The molecule has 176 valence electrons. The molecule has 1 aliphatic rings. The number of aliphatic hydroxyl groups is 1. The zero-order chi connectivity index (χ0) is 24.1. The van der Waals surface area contributed by atoms with Crippen molar-refractivity contribution in [2.75, 3.05) is 33.3 Å². The summed E-state index contributed by atoms with van der Waals surface area (Å²) in [4.78, 5) is 29.6. The lowest BCUT2D eigenvalue weighted by molar-refractivity contribution is -0.140. The fraction of sp³-hybridized carbons (Fsp3) is 0.360. The number of aliphatic hydroxyl groups excluding tert-OH is 1. The van der Waals surface area contributed by atoms with Crippen molar-refractivity contribution in [1.29, 1.82) is 0 Å². The zero-order valence-corrected chi connectivity index (χ0v) is 19.0. The highest BCUT2D eigenvalue weighted by Crippen LogP contribution is 2.41. The highest BCUT2D eigenvalue weighted by Gasteiger charge is 2.46. The van der Waals surface area contributed by atoms with Gasteiger partial charge in [0.15, 0.2) is 0 Å². The van der Waals surface area contributed by atoms with Crippen molar-refractivity contribution in [3.63, 3.8) is 0 Å². The maximum atomic E-state index is 13.6. The van der Waals surface area contributed by atoms with Crippen LogP contribution < -0.4 is 4.74 Å². The predicted octanol–water partition coefficient (Wildman–Crippen LogP) is 3.69. The van der Waals surface area contributed by atoms with E-state index >= 15 is 0 Å². The molecule has 1 amide bonds. The van der Waals surface area contributed by atoms with E-state index in [9.17, 15) is 24.2 Å². The van der Waals surface area contributed by atoms with Gasteiger partial charge in [0.1, 0.15) is 23.1 Å². The van der Waals surface area contributed by atoms with Crippen LogP contribution in [0.25, 0.3) is 5.76 Å². The number of amides is 1. The number of phenolic OH excluding ortho intramolecular Hbond substituents is 1. The van der Waals surface area contributed by atoms with Crippen molar-refractivity contribution in [3.8, 4) is 11.5 Å².